The number of esters is 1. The van der Waals surface area contributed by atoms with Crippen LogP contribution in [0.25, 0.3) is 11.1 Å². The summed E-state index contributed by atoms with van der Waals surface area (Å²) < 4.78 is 45.4. The third-order valence-corrected chi connectivity index (χ3v) is 5.09. The first-order valence-electron chi connectivity index (χ1n) is 11.4. The van der Waals surface area contributed by atoms with Gasteiger partial charge in [-0.25, -0.2) is 4.79 Å². The number of amides is 1. The number of rotatable bonds is 4. The minimum Gasteiger partial charge on any atom is -0.462 e. The molecule has 34 heavy (non-hydrogen) atoms. The van der Waals surface area contributed by atoms with Crippen LogP contribution in [0.2, 0.25) is 0 Å². The van der Waals surface area contributed by atoms with Crippen LogP contribution in [0, 0.1) is 5.92 Å². The molecule has 1 saturated carbocycles. The molecule has 0 bridgehead atoms. The zero-order valence-corrected chi connectivity index (χ0v) is 20.0. The van der Waals surface area contributed by atoms with Gasteiger partial charge in [0.1, 0.15) is 5.75 Å². The van der Waals surface area contributed by atoms with Crippen molar-refractivity contribution in [1.82, 2.24) is 0 Å². The summed E-state index contributed by atoms with van der Waals surface area (Å²) in [7, 11) is 1.18. The van der Waals surface area contributed by atoms with Gasteiger partial charge in [0.2, 0.25) is 0 Å². The topological polar surface area (TPSA) is 55.8 Å². The van der Waals surface area contributed by atoms with Crippen molar-refractivity contribution in [1.29, 1.82) is 0 Å². The second kappa shape index (κ2) is 12.4. The number of methoxy groups -OCH3 is 1. The van der Waals surface area contributed by atoms with E-state index < -0.39 is 18.2 Å². The van der Waals surface area contributed by atoms with Crippen molar-refractivity contribution >= 4 is 17.6 Å². The smallest absolute Gasteiger partial charge is 0.462 e. The molecule has 0 heterocycles. The van der Waals surface area contributed by atoms with Crippen molar-refractivity contribution < 1.29 is 32.2 Å². The molecule has 1 fully saturated rings. The van der Waals surface area contributed by atoms with E-state index in [1.165, 1.54) is 36.3 Å². The number of ether oxygens (including phenoxy) is 2. The van der Waals surface area contributed by atoms with Crippen molar-refractivity contribution in [2.24, 2.45) is 5.92 Å². The molecule has 0 aliphatic heterocycles. The molecule has 0 atom stereocenters. The van der Waals surface area contributed by atoms with Crippen LogP contribution < -0.4 is 9.64 Å². The fraction of sp³-hybridized carbons (Fsp3) is 0.462. The molecule has 2 aromatic rings. The van der Waals surface area contributed by atoms with Gasteiger partial charge in [0.15, 0.2) is 0 Å². The number of carbonyl (C=O) groups excluding carboxylic acids is 2. The summed E-state index contributed by atoms with van der Waals surface area (Å²) in [5.74, 6) is -1.08. The van der Waals surface area contributed by atoms with E-state index in [4.69, 9.17) is 0 Å². The van der Waals surface area contributed by atoms with Gasteiger partial charge in [0, 0.05) is 11.7 Å². The predicted molar refractivity (Wildman–Crippen MR) is 125 cm³/mol. The summed E-state index contributed by atoms with van der Waals surface area (Å²) in [5.41, 5.74) is 2.03. The Labute approximate surface area is 198 Å². The Morgan fingerprint density at radius 1 is 0.882 bits per heavy atom. The summed E-state index contributed by atoms with van der Waals surface area (Å²) in [6.07, 6.45) is -0.0436. The lowest BCUT2D eigenvalue weighted by atomic mass is 9.93. The van der Waals surface area contributed by atoms with E-state index in [1.54, 1.807) is 24.3 Å². The van der Waals surface area contributed by atoms with Gasteiger partial charge in [-0.05, 0) is 54.2 Å². The van der Waals surface area contributed by atoms with E-state index in [1.807, 2.05) is 0 Å². The van der Waals surface area contributed by atoms with Gasteiger partial charge in [-0.1, -0.05) is 64.3 Å². The quantitative estimate of drug-likeness (QED) is 0.359. The molecule has 0 saturated heterocycles. The normalized spacial score (nSPS) is 14.1. The van der Waals surface area contributed by atoms with Crippen molar-refractivity contribution in [2.75, 3.05) is 12.0 Å². The SMILES string of the molecule is CC(C)C.COC(=O)C(=O)N(c1ccc(-c2ccc(OC(F)(F)F)cc2)cc1)C1CCCCC1. The Bertz CT molecular complexity index is 916. The monoisotopic (exact) mass is 479 g/mol. The Morgan fingerprint density at radius 3 is 1.79 bits per heavy atom. The van der Waals surface area contributed by atoms with Crippen molar-refractivity contribution in [3.63, 3.8) is 0 Å². The molecular formula is C26H32F3NO4. The van der Waals surface area contributed by atoms with Crippen LogP contribution in [-0.4, -0.2) is 31.4 Å². The first kappa shape index (κ1) is 27.2. The number of hydrogen-bond donors (Lipinski definition) is 0. The molecule has 0 unspecified atom stereocenters. The first-order chi connectivity index (χ1) is 16.0. The Morgan fingerprint density at radius 2 is 1.35 bits per heavy atom. The zero-order valence-electron chi connectivity index (χ0n) is 20.0. The summed E-state index contributed by atoms with van der Waals surface area (Å²) in [4.78, 5) is 26.0. The first-order valence-corrected chi connectivity index (χ1v) is 11.4. The highest BCUT2D eigenvalue weighted by Gasteiger charge is 2.32. The van der Waals surface area contributed by atoms with Crippen molar-refractivity contribution in [3.05, 3.63) is 48.5 Å². The minimum atomic E-state index is -4.74. The maximum atomic E-state index is 12.6. The molecule has 8 heteroatoms. The average Bonchev–Trinajstić information content (AvgIpc) is 2.79. The van der Waals surface area contributed by atoms with Crippen molar-refractivity contribution in [2.45, 2.75) is 65.3 Å². The highest BCUT2D eigenvalue weighted by molar-refractivity contribution is 6.38. The average molecular weight is 480 g/mol. The van der Waals surface area contributed by atoms with E-state index in [2.05, 4.69) is 30.2 Å². The third-order valence-electron chi connectivity index (χ3n) is 5.09. The largest absolute Gasteiger partial charge is 0.573 e. The maximum Gasteiger partial charge on any atom is 0.573 e. The lowest BCUT2D eigenvalue weighted by Crippen LogP contribution is -2.45. The van der Waals surface area contributed by atoms with Crippen LogP contribution in [0.15, 0.2) is 48.5 Å². The van der Waals surface area contributed by atoms with Gasteiger partial charge in [-0.2, -0.15) is 0 Å². The Hall–Kier alpha value is -3.03. The third kappa shape index (κ3) is 8.39. The molecule has 186 valence electrons. The number of nitrogens with zero attached hydrogens (tertiary/aromatic N) is 1. The van der Waals surface area contributed by atoms with Crippen LogP contribution in [0.4, 0.5) is 18.9 Å². The van der Waals surface area contributed by atoms with Crippen LogP contribution in [0.3, 0.4) is 0 Å². The van der Waals surface area contributed by atoms with Gasteiger partial charge < -0.3 is 9.47 Å². The van der Waals surface area contributed by atoms with Gasteiger partial charge in [0.05, 0.1) is 7.11 Å². The molecule has 0 N–H and O–H groups in total. The zero-order chi connectivity index (χ0) is 25.3. The lowest BCUT2D eigenvalue weighted by molar-refractivity contribution is -0.274. The van der Waals surface area contributed by atoms with E-state index in [0.717, 1.165) is 43.6 Å². The van der Waals surface area contributed by atoms with Crippen LogP contribution >= 0.6 is 0 Å². The van der Waals surface area contributed by atoms with E-state index in [-0.39, 0.29) is 11.8 Å². The molecule has 1 aliphatic rings. The maximum absolute atomic E-state index is 12.6. The molecule has 0 spiro atoms. The number of carbonyl (C=O) groups is 2. The summed E-state index contributed by atoms with van der Waals surface area (Å²) in [6, 6.07) is 12.4. The molecular weight excluding hydrogens is 447 g/mol. The number of benzene rings is 2. The lowest BCUT2D eigenvalue weighted by Gasteiger charge is -2.33. The van der Waals surface area contributed by atoms with E-state index in [0.29, 0.717) is 11.3 Å². The van der Waals surface area contributed by atoms with Crippen LogP contribution in [-0.2, 0) is 14.3 Å². The van der Waals surface area contributed by atoms with Gasteiger partial charge in [0.25, 0.3) is 0 Å². The standard InChI is InChI=1S/C22H22F3NO4.C4H10/c1-29-21(28)20(27)26(17-5-3-2-4-6-17)18-11-7-15(8-12-18)16-9-13-19(14-10-16)30-22(23,24)25;1-4(2)3/h7-14,17H,2-6H2,1H3;4H,1-3H3. The van der Waals surface area contributed by atoms with Crippen LogP contribution in [0.5, 0.6) is 5.75 Å². The highest BCUT2D eigenvalue weighted by atomic mass is 19.4. The van der Waals surface area contributed by atoms with E-state index >= 15 is 0 Å². The molecule has 5 nitrogen and oxygen atoms in total. The second-order valence-corrected chi connectivity index (χ2v) is 8.81. The number of anilines is 1. The van der Waals surface area contributed by atoms with E-state index in [9.17, 15) is 22.8 Å². The number of halogens is 3. The predicted octanol–water partition coefficient (Wildman–Crippen LogP) is 6.75. The summed E-state index contributed by atoms with van der Waals surface area (Å²) >= 11 is 0. The number of alkyl halides is 3. The molecule has 2 aromatic carbocycles. The molecule has 1 aliphatic carbocycles. The molecule has 0 radical (unpaired) electrons. The summed E-state index contributed by atoms with van der Waals surface area (Å²) in [6.45, 7) is 6.50. The highest BCUT2D eigenvalue weighted by Crippen LogP contribution is 2.31. The Balaban J connectivity index is 0.000000945. The summed E-state index contributed by atoms with van der Waals surface area (Å²) in [5, 5.41) is 0. The minimum absolute atomic E-state index is 0.0741. The second-order valence-electron chi connectivity index (χ2n) is 8.81. The fourth-order valence-corrected chi connectivity index (χ4v) is 3.68. The molecule has 0 aromatic heterocycles. The van der Waals surface area contributed by atoms with Gasteiger partial charge in [-0.3, -0.25) is 9.69 Å². The number of hydrogen-bond acceptors (Lipinski definition) is 4. The fourth-order valence-electron chi connectivity index (χ4n) is 3.68. The van der Waals surface area contributed by atoms with Gasteiger partial charge >= 0.3 is 18.2 Å². The Kier molecular flexibility index (Phi) is 9.96. The van der Waals surface area contributed by atoms with Crippen LogP contribution in [0.1, 0.15) is 52.9 Å². The van der Waals surface area contributed by atoms with Gasteiger partial charge in [-0.15, -0.1) is 13.2 Å². The molecule has 1 amide bonds. The molecule has 3 rings (SSSR count). The van der Waals surface area contributed by atoms with Crippen molar-refractivity contribution in [3.8, 4) is 16.9 Å².